The van der Waals surface area contributed by atoms with E-state index in [1.165, 1.54) is 6.20 Å². The number of nitriles is 1. The number of nitrogens with one attached hydrogen (secondary N) is 5. The molecule has 15 heterocycles. The number of carbonyl (C=O) groups excluding carboxylic acids is 5. The van der Waals surface area contributed by atoms with Crippen LogP contribution in [-0.2, 0) is 21.6 Å². The second-order valence-electron chi connectivity index (χ2n) is 40.2. The number of fused-ring (bicyclic) bond motifs is 2. The summed E-state index contributed by atoms with van der Waals surface area (Å²) in [5, 5.41) is 44.0. The van der Waals surface area contributed by atoms with Crippen molar-refractivity contribution in [2.45, 2.75) is 185 Å². The molecule has 1 unspecified atom stereocenters. The molecule has 149 heavy (non-hydrogen) atoms. The third-order valence-electron chi connectivity index (χ3n) is 28.1. The number of piperidine rings is 4. The van der Waals surface area contributed by atoms with Crippen LogP contribution in [0.15, 0.2) is 79.6 Å². The van der Waals surface area contributed by atoms with E-state index in [9.17, 15) is 46.3 Å². The van der Waals surface area contributed by atoms with Crippen LogP contribution in [0.4, 0.5) is 43.8 Å². The van der Waals surface area contributed by atoms with Crippen molar-refractivity contribution in [1.29, 1.82) is 5.26 Å². The topological polar surface area (TPSA) is 611 Å². The van der Waals surface area contributed by atoms with Gasteiger partial charge in [-0.15, -0.1) is 0 Å². The molecule has 2 bridgehead atoms. The number of imidazole rings is 1. The summed E-state index contributed by atoms with van der Waals surface area (Å²) in [7, 11) is 0.220. The maximum absolute atomic E-state index is 13.3. The number of anilines is 6. The van der Waals surface area contributed by atoms with Gasteiger partial charge < -0.3 is 95.6 Å². The van der Waals surface area contributed by atoms with E-state index in [4.69, 9.17) is 55.6 Å². The molecular formula is C100H127F2N31O15S. The minimum absolute atomic E-state index is 0.00958. The van der Waals surface area contributed by atoms with Crippen LogP contribution in [0, 0.1) is 52.8 Å². The molecule has 11 aromatic heterocycles. The zero-order valence-electron chi connectivity index (χ0n) is 84.6. The van der Waals surface area contributed by atoms with E-state index in [1.807, 2.05) is 79.6 Å². The number of ketones is 1. The van der Waals surface area contributed by atoms with Crippen LogP contribution in [0.5, 0.6) is 35.5 Å². The number of amides is 4. The predicted molar refractivity (Wildman–Crippen MR) is 542 cm³/mol. The number of methoxy groups -OCH3 is 1. The van der Waals surface area contributed by atoms with Crippen molar-refractivity contribution >= 4 is 96.4 Å². The Hall–Kier alpha value is -14.7. The highest BCUT2D eigenvalue weighted by Gasteiger charge is 2.58. The number of primary amides is 1. The van der Waals surface area contributed by atoms with Crippen LogP contribution in [0.3, 0.4) is 0 Å². The van der Waals surface area contributed by atoms with Gasteiger partial charge in [0.1, 0.15) is 41.5 Å². The number of aryl methyl sites for hydroxylation is 1. The summed E-state index contributed by atoms with van der Waals surface area (Å²) in [6, 6.07) is 17.1. The number of nitrogen functional groups attached to an aromatic ring is 2. The van der Waals surface area contributed by atoms with Crippen LogP contribution < -0.4 is 81.2 Å². The second kappa shape index (κ2) is 46.8. The summed E-state index contributed by atoms with van der Waals surface area (Å²) < 4.78 is 91.1. The average molecular weight is 2070 g/mol. The molecule has 11 aromatic rings. The number of ether oxygens (including phenoxy) is 7. The lowest BCUT2D eigenvalue weighted by atomic mass is 9.50. The lowest BCUT2D eigenvalue weighted by Gasteiger charge is -2.61. The molecule has 21 rings (SSSR count). The Kier molecular flexibility index (Phi) is 33.2. The molecule has 0 spiro atoms. The number of pyridine rings is 4. The Labute approximate surface area is 858 Å². The number of aliphatic hydroxyl groups is 1. The number of aliphatic hydroxyl groups excluding tert-OH is 1. The molecule has 49 heteroatoms. The highest BCUT2D eigenvalue weighted by atomic mass is 32.2. The second-order valence-corrected chi connectivity index (χ2v) is 42.3. The molecule has 10 aliphatic rings. The molecule has 6 aliphatic carbocycles. The quantitative estimate of drug-likeness (QED) is 0.0162. The van der Waals surface area contributed by atoms with E-state index in [1.54, 1.807) is 57.0 Å². The van der Waals surface area contributed by atoms with Gasteiger partial charge in [-0.1, -0.05) is 13.8 Å². The summed E-state index contributed by atoms with van der Waals surface area (Å²) in [6.07, 6.45) is 22.8. The van der Waals surface area contributed by atoms with E-state index in [0.717, 1.165) is 148 Å². The largest absolute Gasteiger partial charge is 0.489 e. The monoisotopic (exact) mass is 2070 g/mol. The number of alkyl halides is 2. The normalized spacial score (nSPS) is 20.1. The van der Waals surface area contributed by atoms with Crippen molar-refractivity contribution in [3.8, 4) is 52.9 Å². The number of nitrogens with zero attached hydrogens (tertiary/aromatic N) is 23. The number of nitrogens with two attached hydrogens (primary N) is 3. The van der Waals surface area contributed by atoms with E-state index < -0.39 is 33.5 Å². The molecule has 0 radical (unpaired) electrons. The summed E-state index contributed by atoms with van der Waals surface area (Å²) in [4.78, 5) is 137. The van der Waals surface area contributed by atoms with Gasteiger partial charge in [0, 0.05) is 198 Å². The molecule has 10 fully saturated rings. The summed E-state index contributed by atoms with van der Waals surface area (Å²) >= 11 is 0. The number of Topliss-reactive ketones (excluding diaryl/α,β-unsaturated/α-hetero) is 1. The molecule has 12 N–H and O–H groups in total. The highest BCUT2D eigenvalue weighted by molar-refractivity contribution is 7.90. The molecule has 792 valence electrons. The summed E-state index contributed by atoms with van der Waals surface area (Å²) in [6.45, 7) is 16.8. The number of hydrogen-bond acceptors (Lipinski definition) is 39. The minimum atomic E-state index is -3.29. The Balaban J connectivity index is 0.000000136. The third kappa shape index (κ3) is 27.3. The number of aromatic amines is 2. The number of aromatic nitrogens is 20. The first-order chi connectivity index (χ1) is 71.7. The summed E-state index contributed by atoms with van der Waals surface area (Å²) in [5.74, 6) is -0.257. The zero-order chi connectivity index (χ0) is 105. The van der Waals surface area contributed by atoms with E-state index in [-0.39, 0.29) is 156 Å². The van der Waals surface area contributed by atoms with Gasteiger partial charge >= 0.3 is 24.0 Å². The molecular weight excluding hydrogens is 1950 g/mol. The molecule has 4 amide bonds. The van der Waals surface area contributed by atoms with Gasteiger partial charge in [0.05, 0.1) is 68.2 Å². The first-order valence-electron chi connectivity index (χ1n) is 50.7. The van der Waals surface area contributed by atoms with Crippen LogP contribution in [0.1, 0.15) is 231 Å². The molecule has 46 nitrogen and oxygen atoms in total. The fourth-order valence-electron chi connectivity index (χ4n) is 18.7. The Morgan fingerprint density at radius 1 is 0.638 bits per heavy atom. The van der Waals surface area contributed by atoms with Crippen molar-refractivity contribution in [2.75, 3.05) is 149 Å². The fourth-order valence-corrected chi connectivity index (χ4v) is 19.1. The molecule has 6 saturated carbocycles. The smallest absolute Gasteiger partial charge is 0.322 e. The lowest BCUT2D eigenvalue weighted by Crippen LogP contribution is -2.68. The molecule has 4 aliphatic heterocycles. The number of hydrogen-bond donors (Lipinski definition) is 9. The van der Waals surface area contributed by atoms with Crippen molar-refractivity contribution in [3.05, 3.63) is 125 Å². The number of halogens is 2. The molecule has 6 atom stereocenters. The maximum Gasteiger partial charge on any atom is 0.322 e. The van der Waals surface area contributed by atoms with Crippen LogP contribution in [-0.4, -0.2) is 284 Å². The molecule has 0 aromatic carbocycles. The van der Waals surface area contributed by atoms with Gasteiger partial charge in [0.2, 0.25) is 23.5 Å². The number of H-pyrrole nitrogens is 2. The predicted octanol–water partition coefficient (Wildman–Crippen LogP) is 9.06. The lowest BCUT2D eigenvalue weighted by molar-refractivity contribution is -0.0440. The highest BCUT2D eigenvalue weighted by Crippen LogP contribution is 2.57. The zero-order valence-corrected chi connectivity index (χ0v) is 85.4. The van der Waals surface area contributed by atoms with Gasteiger partial charge in [-0.25, -0.2) is 42.1 Å². The Morgan fingerprint density at radius 2 is 1.23 bits per heavy atom. The van der Waals surface area contributed by atoms with Gasteiger partial charge in [0.25, 0.3) is 29.6 Å². The Morgan fingerprint density at radius 3 is 1.83 bits per heavy atom. The van der Waals surface area contributed by atoms with Crippen molar-refractivity contribution < 1.29 is 79.4 Å². The van der Waals surface area contributed by atoms with Gasteiger partial charge in [-0.3, -0.25) is 34.2 Å². The minimum Gasteiger partial charge on any atom is -0.489 e. The number of rotatable bonds is 39. The van der Waals surface area contributed by atoms with Crippen molar-refractivity contribution in [2.24, 2.45) is 54.2 Å². The van der Waals surface area contributed by atoms with Crippen LogP contribution in [0.2, 0.25) is 0 Å². The Bertz CT molecular complexity index is 6750. The van der Waals surface area contributed by atoms with Gasteiger partial charge in [0.15, 0.2) is 50.1 Å². The molecule has 4 saturated heterocycles. The standard InChI is InChI=1S/C28H32N8O5S.C25H35N9O4.C24H28F2N6O3.C23H32N8O3/c1-42(38,39)15-41-20-7-21-24(34-35-25(21)30-13-20)17-2-4-36(5-3-17)23-8-22(26(37)33-28-9-16(10-28)11-28)31-27(32-23)40-14-19-6-18(19)12-29;1-5-27-23(35)22-30-24(32-25(31-22)38-16(2)13-36-4)34-8-6-17(7-9-34)14-37-20-10-18(11-28-21(20)26)19-12-33(3)15-29-19;1-14(12-33)9-19(34)18-10-20(29-23(28-18)35-13-16-11-24(16,25)26)32-7-4-15(5-8-32)21-17-3-2-6-27-22(17)31-30-21;1-3-13(2)26-21(33)20-28-22(30-23(29-20)34-12-14-4-5-14)31-10-8-15(9-11-31)17-7-6-16(24)18(27-17)19(25)32/h7-8,13,16-19H,2-6,9-11,14-15H2,1H3,(H,33,37)(H,30,34,35);10-12,15-17H,5-9,13-14H2,1-4H3,(H2,26,28)(H,27,35);2-3,6,10,14-16,33H,4-5,7-9,11-13H2,1H3,(H,27,30,31);6-7,13-15H,3-5,8-12,24H2,1-2H3,(H2,25,32)(H,26,33)/t16?,18-,19+,28?;16-;14-,16?;13-/m0101/s1. The van der Waals surface area contributed by atoms with E-state index in [0.29, 0.717) is 155 Å². The van der Waals surface area contributed by atoms with E-state index in [2.05, 4.69) is 127 Å². The van der Waals surface area contributed by atoms with Crippen LogP contribution >= 0.6 is 0 Å². The average Bonchev–Trinajstić information content (AvgIpc) is 1.60. The van der Waals surface area contributed by atoms with E-state index >= 15 is 0 Å². The third-order valence-corrected chi connectivity index (χ3v) is 28.7. The number of sulfone groups is 1. The SMILES string of the molecule is CCNC(=O)c1nc(O[C@H](C)COC)nc(N2CCC(COc3cc(-c4cn(C)cn4)cnc3N)CC2)n1.CC[C@@H](C)NC(=O)c1nc(OCC2CC2)nc(N2CCC(c3ccc(N)c(C(N)=O)n3)CC2)n1.CS(=O)(=O)COc1cnc2n[nH]c(C3CCN(c4cc(C(=O)NC56CC(C5)C6)nc(OC[C@H]5C[C@H]5C#N)n4)CC3)c2c1.C[C@H](CO)CC(=O)c1cc(N2CCC(c3[nH]nc4ncccc34)CC2)nc(OCC2CC2(F)F)n1. The first kappa shape index (κ1) is 106. The van der Waals surface area contributed by atoms with Gasteiger partial charge in [-0.2, -0.15) is 65.3 Å². The first-order valence-corrected chi connectivity index (χ1v) is 52.8. The van der Waals surface area contributed by atoms with Gasteiger partial charge in [-0.05, 0) is 177 Å². The number of carbonyl (C=O) groups is 5. The van der Waals surface area contributed by atoms with Crippen molar-refractivity contribution in [1.82, 2.24) is 116 Å². The fraction of sp³-hybridized carbons (Fsp3) is 0.550. The summed E-state index contributed by atoms with van der Waals surface area (Å²) in [5.41, 5.74) is 23.7. The van der Waals surface area contributed by atoms with Crippen molar-refractivity contribution in [3.63, 3.8) is 0 Å². The maximum atomic E-state index is 13.3. The van der Waals surface area contributed by atoms with Crippen LogP contribution in [0.25, 0.3) is 33.3 Å².